The highest BCUT2D eigenvalue weighted by molar-refractivity contribution is 6.01. The summed E-state index contributed by atoms with van der Waals surface area (Å²) in [5.41, 5.74) is -1.12. The van der Waals surface area contributed by atoms with Crippen LogP contribution in [0.25, 0.3) is 0 Å². The Morgan fingerprint density at radius 3 is 2.68 bits per heavy atom. The number of fused-ring (bicyclic) bond motifs is 8. The van der Waals surface area contributed by atoms with Crippen molar-refractivity contribution in [3.05, 3.63) is 23.8 Å². The molecule has 8 atom stereocenters. The molecule has 6 heteroatoms. The maximum absolute atomic E-state index is 12.7. The van der Waals surface area contributed by atoms with Gasteiger partial charge in [0.1, 0.15) is 6.10 Å². The summed E-state index contributed by atoms with van der Waals surface area (Å²) >= 11 is 0. The van der Waals surface area contributed by atoms with Crippen LogP contribution in [0.1, 0.15) is 40.5 Å². The van der Waals surface area contributed by atoms with Crippen molar-refractivity contribution in [3.63, 3.8) is 0 Å². The zero-order chi connectivity index (χ0) is 20.1. The number of ether oxygens (including phenoxy) is 3. The Bertz CT molecular complexity index is 857. The predicted octanol–water partition coefficient (Wildman–Crippen LogP) is 2.16. The van der Waals surface area contributed by atoms with Gasteiger partial charge in [-0.05, 0) is 50.3 Å². The normalized spacial score (nSPS) is 50.6. The summed E-state index contributed by atoms with van der Waals surface area (Å²) in [6.45, 7) is 7.34. The van der Waals surface area contributed by atoms with E-state index < -0.39 is 17.0 Å². The number of ketones is 2. The first-order valence-electron chi connectivity index (χ1n) is 10.1. The summed E-state index contributed by atoms with van der Waals surface area (Å²) in [4.78, 5) is 36.5. The third-order valence-electron chi connectivity index (χ3n) is 8.13. The van der Waals surface area contributed by atoms with Crippen molar-refractivity contribution in [2.45, 2.75) is 64.4 Å². The molecule has 0 aromatic rings. The van der Waals surface area contributed by atoms with Crippen LogP contribution in [0.4, 0.5) is 0 Å². The highest BCUT2D eigenvalue weighted by Gasteiger charge is 2.74. The predicted molar refractivity (Wildman–Crippen MR) is 98.2 cm³/mol. The van der Waals surface area contributed by atoms with Gasteiger partial charge in [-0.3, -0.25) is 14.4 Å². The molecule has 0 bridgehead atoms. The van der Waals surface area contributed by atoms with Gasteiger partial charge >= 0.3 is 5.97 Å². The van der Waals surface area contributed by atoms with Gasteiger partial charge in [0.25, 0.3) is 0 Å². The van der Waals surface area contributed by atoms with E-state index in [9.17, 15) is 14.4 Å². The van der Waals surface area contributed by atoms with Crippen molar-refractivity contribution in [1.82, 2.24) is 0 Å². The second kappa shape index (κ2) is 5.42. The Kier molecular flexibility index (Phi) is 3.53. The molecule has 2 aliphatic heterocycles. The fourth-order valence-corrected chi connectivity index (χ4v) is 6.75. The summed E-state index contributed by atoms with van der Waals surface area (Å²) in [7, 11) is 0. The Balaban J connectivity index is 1.56. The molecule has 2 heterocycles. The molecule has 0 unspecified atom stereocenters. The van der Waals surface area contributed by atoms with Crippen molar-refractivity contribution >= 4 is 17.5 Å². The molecule has 2 saturated heterocycles. The SMILES string of the molecule is CC(=O)O[C@]1(C(C)=O)CC[C@H]2[C@@H]3[C@@H]4O[C@@H]4C4=CC(=O)C=C[C@]4(C)[C@H]3OC[C@@]21C. The number of rotatable bonds is 2. The number of hydrogen-bond acceptors (Lipinski definition) is 6. The molecule has 5 rings (SSSR count). The van der Waals surface area contributed by atoms with Crippen LogP contribution in [-0.4, -0.2) is 48.1 Å². The van der Waals surface area contributed by atoms with E-state index in [-0.39, 0.29) is 47.1 Å². The van der Waals surface area contributed by atoms with Gasteiger partial charge in [-0.15, -0.1) is 0 Å². The Morgan fingerprint density at radius 2 is 2.00 bits per heavy atom. The standard InChI is InChI=1S/C22H26O6/c1-11(23)22(28-12(2)24)8-6-14-16-18-17(27-18)15-9-13(25)5-7-20(15,3)19(16)26-10-21(14,22)4/h5,7,9,14,16-19H,6,8,10H2,1-4H3/t14-,16+,17+,18-,19-,20-,21-,22-/m0/s1. The highest BCUT2D eigenvalue weighted by atomic mass is 16.6. The Labute approximate surface area is 164 Å². The van der Waals surface area contributed by atoms with Gasteiger partial charge in [-0.2, -0.15) is 0 Å². The molecular formula is C22H26O6. The molecule has 0 spiro atoms. The molecular weight excluding hydrogens is 360 g/mol. The van der Waals surface area contributed by atoms with Crippen molar-refractivity contribution in [2.75, 3.05) is 6.61 Å². The van der Waals surface area contributed by atoms with E-state index in [4.69, 9.17) is 14.2 Å². The lowest BCUT2D eigenvalue weighted by atomic mass is 9.54. The second-order valence-electron chi connectivity index (χ2n) is 9.49. The number of Topliss-reactive ketones (excluding diaryl/α,β-unsaturated/α-hetero) is 1. The number of carbonyl (C=O) groups excluding carboxylic acids is 3. The smallest absolute Gasteiger partial charge is 0.303 e. The van der Waals surface area contributed by atoms with Gasteiger partial charge in [0.05, 0.1) is 18.8 Å². The molecule has 5 aliphatic rings. The average Bonchev–Trinajstić information content (AvgIpc) is 3.35. The van der Waals surface area contributed by atoms with Gasteiger partial charge in [-0.25, -0.2) is 0 Å². The molecule has 150 valence electrons. The molecule has 3 aliphatic carbocycles. The van der Waals surface area contributed by atoms with E-state index in [1.165, 1.54) is 13.8 Å². The van der Waals surface area contributed by atoms with Gasteiger partial charge < -0.3 is 14.2 Å². The van der Waals surface area contributed by atoms with E-state index in [0.717, 1.165) is 12.0 Å². The minimum absolute atomic E-state index is 0.00617. The van der Waals surface area contributed by atoms with Gasteiger partial charge in [0.2, 0.25) is 0 Å². The lowest BCUT2D eigenvalue weighted by Gasteiger charge is -2.56. The van der Waals surface area contributed by atoms with E-state index in [0.29, 0.717) is 13.0 Å². The molecule has 6 nitrogen and oxygen atoms in total. The number of esters is 1. The average molecular weight is 386 g/mol. The van der Waals surface area contributed by atoms with Crippen molar-refractivity contribution in [2.24, 2.45) is 22.7 Å². The summed E-state index contributed by atoms with van der Waals surface area (Å²) in [5.74, 6) is -0.315. The van der Waals surface area contributed by atoms with Gasteiger partial charge in [0.15, 0.2) is 17.2 Å². The largest absolute Gasteiger partial charge is 0.451 e. The Hall–Kier alpha value is -1.79. The first-order valence-corrected chi connectivity index (χ1v) is 10.1. The third-order valence-corrected chi connectivity index (χ3v) is 8.13. The van der Waals surface area contributed by atoms with Gasteiger partial charge in [0, 0.05) is 23.7 Å². The van der Waals surface area contributed by atoms with Crippen LogP contribution in [0.5, 0.6) is 0 Å². The van der Waals surface area contributed by atoms with Crippen LogP contribution in [0.15, 0.2) is 23.8 Å². The van der Waals surface area contributed by atoms with E-state index >= 15 is 0 Å². The highest BCUT2D eigenvalue weighted by Crippen LogP contribution is 2.67. The lowest BCUT2D eigenvalue weighted by Crippen LogP contribution is -2.64. The monoisotopic (exact) mass is 386 g/mol. The van der Waals surface area contributed by atoms with Crippen molar-refractivity contribution in [3.8, 4) is 0 Å². The summed E-state index contributed by atoms with van der Waals surface area (Å²) < 4.78 is 18.3. The van der Waals surface area contributed by atoms with Crippen LogP contribution in [-0.2, 0) is 28.6 Å². The fraction of sp³-hybridized carbons (Fsp3) is 0.682. The maximum atomic E-state index is 12.7. The molecule has 0 amide bonds. The Morgan fingerprint density at radius 1 is 1.25 bits per heavy atom. The van der Waals surface area contributed by atoms with Crippen molar-refractivity contribution < 1.29 is 28.6 Å². The maximum Gasteiger partial charge on any atom is 0.303 e. The fourth-order valence-electron chi connectivity index (χ4n) is 6.75. The summed E-state index contributed by atoms with van der Waals surface area (Å²) in [6, 6.07) is 0. The number of epoxide rings is 1. The second-order valence-corrected chi connectivity index (χ2v) is 9.49. The topological polar surface area (TPSA) is 82.2 Å². The first kappa shape index (κ1) is 18.3. The first-order chi connectivity index (χ1) is 13.1. The number of hydrogen-bond donors (Lipinski definition) is 0. The van der Waals surface area contributed by atoms with Crippen LogP contribution in [0.3, 0.4) is 0 Å². The molecule has 0 aromatic carbocycles. The third kappa shape index (κ3) is 2.03. The minimum Gasteiger partial charge on any atom is -0.451 e. The van der Waals surface area contributed by atoms with Crippen LogP contribution >= 0.6 is 0 Å². The molecule has 0 radical (unpaired) electrons. The van der Waals surface area contributed by atoms with E-state index in [2.05, 4.69) is 6.92 Å². The zero-order valence-electron chi connectivity index (χ0n) is 16.7. The summed E-state index contributed by atoms with van der Waals surface area (Å²) in [6.07, 6.45) is 6.39. The van der Waals surface area contributed by atoms with E-state index in [1.807, 2.05) is 13.0 Å². The van der Waals surface area contributed by atoms with Crippen LogP contribution < -0.4 is 0 Å². The molecule has 28 heavy (non-hydrogen) atoms. The molecule has 0 aromatic heterocycles. The van der Waals surface area contributed by atoms with Crippen LogP contribution in [0, 0.1) is 22.7 Å². The lowest BCUT2D eigenvalue weighted by molar-refractivity contribution is -0.217. The van der Waals surface area contributed by atoms with Crippen molar-refractivity contribution in [1.29, 1.82) is 0 Å². The minimum atomic E-state index is -1.14. The number of allylic oxidation sites excluding steroid dienone is 2. The van der Waals surface area contributed by atoms with Crippen LogP contribution in [0.2, 0.25) is 0 Å². The number of carbonyl (C=O) groups is 3. The van der Waals surface area contributed by atoms with E-state index in [1.54, 1.807) is 12.2 Å². The molecule has 2 saturated carbocycles. The molecule has 4 fully saturated rings. The quantitative estimate of drug-likeness (QED) is 0.534. The molecule has 0 N–H and O–H groups in total. The summed E-state index contributed by atoms with van der Waals surface area (Å²) in [5, 5.41) is 0. The van der Waals surface area contributed by atoms with Gasteiger partial charge in [-0.1, -0.05) is 13.0 Å². The zero-order valence-corrected chi connectivity index (χ0v) is 16.7.